The summed E-state index contributed by atoms with van der Waals surface area (Å²) in [4.78, 5) is 21.9. The highest BCUT2D eigenvalue weighted by molar-refractivity contribution is 5.66. The molecule has 5 nitrogen and oxygen atoms in total. The molecule has 5 heteroatoms. The van der Waals surface area contributed by atoms with Crippen LogP contribution in [0.5, 0.6) is 0 Å². The van der Waals surface area contributed by atoms with Crippen molar-refractivity contribution in [3.63, 3.8) is 0 Å². The summed E-state index contributed by atoms with van der Waals surface area (Å²) in [6.45, 7) is 8.42. The lowest BCUT2D eigenvalue weighted by atomic mass is 9.85. The summed E-state index contributed by atoms with van der Waals surface area (Å²) >= 11 is 0. The summed E-state index contributed by atoms with van der Waals surface area (Å²) < 4.78 is 15.9. The van der Waals surface area contributed by atoms with Crippen LogP contribution in [0.15, 0.2) is 0 Å². The summed E-state index contributed by atoms with van der Waals surface area (Å²) in [6, 6.07) is 0. The minimum atomic E-state index is -0.565. The van der Waals surface area contributed by atoms with E-state index in [4.69, 9.17) is 14.2 Å². The molecule has 1 rings (SSSR count). The zero-order valence-corrected chi connectivity index (χ0v) is 10.9. The van der Waals surface area contributed by atoms with Crippen LogP contribution in [0, 0.1) is 11.8 Å². The summed E-state index contributed by atoms with van der Waals surface area (Å²) in [5, 5.41) is 0. The fourth-order valence-electron chi connectivity index (χ4n) is 2.08. The molecule has 0 radical (unpaired) electrons. The molecule has 0 aliphatic carbocycles. The first kappa shape index (κ1) is 14.0. The molecule has 0 spiro atoms. The fraction of sp³-hybridized carbons (Fsp3) is 0.833. The molecule has 0 amide bonds. The number of esters is 2. The van der Waals surface area contributed by atoms with Crippen LogP contribution in [0.3, 0.4) is 0 Å². The van der Waals surface area contributed by atoms with Gasteiger partial charge in [0.1, 0.15) is 6.10 Å². The highest BCUT2D eigenvalue weighted by Crippen LogP contribution is 2.33. The van der Waals surface area contributed by atoms with Crippen molar-refractivity contribution in [2.24, 2.45) is 11.8 Å². The minimum absolute atomic E-state index is 0.0144. The molecule has 1 saturated heterocycles. The molecule has 1 heterocycles. The van der Waals surface area contributed by atoms with Crippen molar-refractivity contribution >= 4 is 11.9 Å². The molecule has 0 N–H and O–H groups in total. The molecule has 98 valence electrons. The lowest BCUT2D eigenvalue weighted by Crippen LogP contribution is -2.50. The van der Waals surface area contributed by atoms with Crippen LogP contribution >= 0.6 is 0 Å². The predicted molar refractivity (Wildman–Crippen MR) is 60.0 cm³/mol. The maximum atomic E-state index is 11.0. The Hall–Kier alpha value is -1.10. The van der Waals surface area contributed by atoms with Gasteiger partial charge in [0.2, 0.25) is 6.29 Å². The van der Waals surface area contributed by atoms with E-state index in [2.05, 4.69) is 0 Å². The SMILES string of the molecule is CC(=O)OC1O[C@@H](C)[C@H](OC(C)=O)[C@@H](C)[C@H]1C. The van der Waals surface area contributed by atoms with Crippen LogP contribution < -0.4 is 0 Å². The summed E-state index contributed by atoms with van der Waals surface area (Å²) in [6.07, 6.45) is -1.15. The number of hydrogen-bond acceptors (Lipinski definition) is 5. The van der Waals surface area contributed by atoms with Crippen molar-refractivity contribution in [3.8, 4) is 0 Å². The van der Waals surface area contributed by atoms with Gasteiger partial charge in [-0.3, -0.25) is 9.59 Å². The van der Waals surface area contributed by atoms with Crippen molar-refractivity contribution in [1.29, 1.82) is 0 Å². The van der Waals surface area contributed by atoms with Crippen LogP contribution in [0.1, 0.15) is 34.6 Å². The molecule has 17 heavy (non-hydrogen) atoms. The van der Waals surface area contributed by atoms with Crippen molar-refractivity contribution in [3.05, 3.63) is 0 Å². The van der Waals surface area contributed by atoms with Gasteiger partial charge in [0.15, 0.2) is 0 Å². The quantitative estimate of drug-likeness (QED) is 0.689. The highest BCUT2D eigenvalue weighted by Gasteiger charge is 2.42. The average Bonchev–Trinajstić information content (AvgIpc) is 2.20. The monoisotopic (exact) mass is 244 g/mol. The van der Waals surface area contributed by atoms with Crippen LogP contribution in [-0.2, 0) is 23.8 Å². The van der Waals surface area contributed by atoms with E-state index in [1.807, 2.05) is 20.8 Å². The third-order valence-electron chi connectivity index (χ3n) is 3.17. The Morgan fingerprint density at radius 3 is 1.94 bits per heavy atom. The minimum Gasteiger partial charge on any atom is -0.460 e. The van der Waals surface area contributed by atoms with E-state index >= 15 is 0 Å². The lowest BCUT2D eigenvalue weighted by Gasteiger charge is -2.42. The van der Waals surface area contributed by atoms with Crippen molar-refractivity contribution in [1.82, 2.24) is 0 Å². The number of rotatable bonds is 2. The smallest absolute Gasteiger partial charge is 0.304 e. The first-order valence-corrected chi connectivity index (χ1v) is 5.82. The summed E-state index contributed by atoms with van der Waals surface area (Å²) in [7, 11) is 0. The first-order chi connectivity index (χ1) is 7.82. The van der Waals surface area contributed by atoms with E-state index in [1.54, 1.807) is 0 Å². The largest absolute Gasteiger partial charge is 0.460 e. The van der Waals surface area contributed by atoms with Gasteiger partial charge in [-0.1, -0.05) is 13.8 Å². The second-order valence-electron chi connectivity index (χ2n) is 4.61. The van der Waals surface area contributed by atoms with Crippen molar-refractivity contribution < 1.29 is 23.8 Å². The van der Waals surface area contributed by atoms with Gasteiger partial charge >= 0.3 is 11.9 Å². The van der Waals surface area contributed by atoms with Crippen LogP contribution in [0.2, 0.25) is 0 Å². The van der Waals surface area contributed by atoms with Crippen LogP contribution in [0.4, 0.5) is 0 Å². The van der Waals surface area contributed by atoms with Crippen molar-refractivity contribution in [2.75, 3.05) is 0 Å². The molecule has 1 unspecified atom stereocenters. The number of carbonyl (C=O) groups excluding carboxylic acids is 2. The molecule has 1 aliphatic heterocycles. The highest BCUT2D eigenvalue weighted by atomic mass is 16.7. The molecule has 0 saturated carbocycles. The van der Waals surface area contributed by atoms with E-state index in [1.165, 1.54) is 13.8 Å². The number of hydrogen-bond donors (Lipinski definition) is 0. The molecule has 1 fully saturated rings. The Bertz CT molecular complexity index is 301. The Morgan fingerprint density at radius 2 is 1.47 bits per heavy atom. The maximum Gasteiger partial charge on any atom is 0.304 e. The molecule has 1 aliphatic rings. The van der Waals surface area contributed by atoms with E-state index in [0.29, 0.717) is 0 Å². The van der Waals surface area contributed by atoms with E-state index in [9.17, 15) is 9.59 Å². The molecule has 0 aromatic carbocycles. The third kappa shape index (κ3) is 3.43. The normalized spacial score (nSPS) is 37.4. The molecular weight excluding hydrogens is 224 g/mol. The first-order valence-electron chi connectivity index (χ1n) is 5.82. The number of carbonyl (C=O) groups is 2. The summed E-state index contributed by atoms with van der Waals surface area (Å²) in [5.74, 6) is -0.630. The topological polar surface area (TPSA) is 61.8 Å². The van der Waals surface area contributed by atoms with Crippen LogP contribution in [-0.4, -0.2) is 30.4 Å². The standard InChI is InChI=1S/C12H20O5/c1-6-7(2)12(17-10(5)14)15-8(3)11(6)16-9(4)13/h6-8,11-12H,1-5H3/t6-,7+,8-,11+,12?/m0/s1. The fourth-order valence-corrected chi connectivity index (χ4v) is 2.08. The van der Waals surface area contributed by atoms with Gasteiger partial charge in [0.05, 0.1) is 6.10 Å². The van der Waals surface area contributed by atoms with Gasteiger partial charge in [-0.2, -0.15) is 0 Å². The average molecular weight is 244 g/mol. The zero-order valence-electron chi connectivity index (χ0n) is 10.9. The summed E-state index contributed by atoms with van der Waals surface area (Å²) in [5.41, 5.74) is 0. The Labute approximate surface area is 101 Å². The van der Waals surface area contributed by atoms with Gasteiger partial charge in [-0.05, 0) is 6.92 Å². The maximum absolute atomic E-state index is 11.0. The third-order valence-corrected chi connectivity index (χ3v) is 3.17. The molecule has 5 atom stereocenters. The lowest BCUT2D eigenvalue weighted by molar-refractivity contribution is -0.255. The van der Waals surface area contributed by atoms with E-state index in [-0.39, 0.29) is 36.0 Å². The second-order valence-corrected chi connectivity index (χ2v) is 4.61. The van der Waals surface area contributed by atoms with Crippen LogP contribution in [0.25, 0.3) is 0 Å². The molecule has 0 aromatic rings. The van der Waals surface area contributed by atoms with Gasteiger partial charge in [-0.15, -0.1) is 0 Å². The van der Waals surface area contributed by atoms with Crippen molar-refractivity contribution in [2.45, 2.75) is 53.1 Å². The van der Waals surface area contributed by atoms with E-state index < -0.39 is 6.29 Å². The Balaban J connectivity index is 2.72. The molecular formula is C12H20O5. The zero-order chi connectivity index (χ0) is 13.2. The Morgan fingerprint density at radius 1 is 0.941 bits per heavy atom. The second kappa shape index (κ2) is 5.49. The van der Waals surface area contributed by atoms with Gasteiger partial charge in [0, 0.05) is 25.7 Å². The van der Waals surface area contributed by atoms with Gasteiger partial charge in [0.25, 0.3) is 0 Å². The van der Waals surface area contributed by atoms with E-state index in [0.717, 1.165) is 0 Å². The molecule has 0 bridgehead atoms. The predicted octanol–water partition coefficient (Wildman–Crippen LogP) is 1.50. The van der Waals surface area contributed by atoms with Gasteiger partial charge in [-0.25, -0.2) is 0 Å². The number of ether oxygens (including phenoxy) is 3. The Kier molecular flexibility index (Phi) is 4.51. The van der Waals surface area contributed by atoms with Gasteiger partial charge < -0.3 is 14.2 Å². The molecule has 0 aromatic heterocycles.